The van der Waals surface area contributed by atoms with Crippen molar-refractivity contribution in [1.82, 2.24) is 10.2 Å². The fraction of sp³-hybridized carbons (Fsp3) is 0.400. The Hall–Kier alpha value is -2.35. The molecule has 1 aromatic heterocycles. The summed E-state index contributed by atoms with van der Waals surface area (Å²) in [5.41, 5.74) is 2.62. The number of rotatable bonds is 4. The highest BCUT2D eigenvalue weighted by Gasteiger charge is 2.54. The van der Waals surface area contributed by atoms with Crippen molar-refractivity contribution in [3.05, 3.63) is 46.8 Å². The van der Waals surface area contributed by atoms with Gasteiger partial charge in [0.15, 0.2) is 0 Å². The molecule has 2 aliphatic rings. The Kier molecular flexibility index (Phi) is 4.69. The van der Waals surface area contributed by atoms with Crippen molar-refractivity contribution in [2.24, 2.45) is 11.8 Å². The first-order valence-electron chi connectivity index (χ1n) is 9.06. The van der Waals surface area contributed by atoms with E-state index in [1.54, 1.807) is 11.0 Å². The molecule has 28 heavy (non-hydrogen) atoms. The molecule has 1 saturated carbocycles. The molecule has 2 aromatic rings. The van der Waals surface area contributed by atoms with Crippen molar-refractivity contribution in [3.63, 3.8) is 0 Å². The zero-order valence-electron chi connectivity index (χ0n) is 15.1. The maximum absolute atomic E-state index is 13.2. The van der Waals surface area contributed by atoms with Gasteiger partial charge >= 0.3 is 12.1 Å². The second kappa shape index (κ2) is 6.92. The minimum absolute atomic E-state index is 0.166. The molecule has 1 saturated heterocycles. The fourth-order valence-electron chi connectivity index (χ4n) is 3.92. The van der Waals surface area contributed by atoms with E-state index in [1.807, 2.05) is 41.9 Å². The van der Waals surface area contributed by atoms with Gasteiger partial charge in [0.1, 0.15) is 0 Å². The first-order chi connectivity index (χ1) is 13.3. The van der Waals surface area contributed by atoms with Crippen LogP contribution in [-0.4, -0.2) is 42.0 Å². The van der Waals surface area contributed by atoms with Crippen molar-refractivity contribution >= 4 is 23.2 Å². The third-order valence-electron chi connectivity index (χ3n) is 5.50. The molecule has 148 valence electrons. The van der Waals surface area contributed by atoms with Crippen LogP contribution >= 0.6 is 11.3 Å². The van der Waals surface area contributed by atoms with Crippen molar-refractivity contribution < 1.29 is 22.8 Å². The summed E-state index contributed by atoms with van der Waals surface area (Å²) in [4.78, 5) is 26.8. The zero-order chi connectivity index (χ0) is 20.1. The number of benzene rings is 1. The molecule has 2 fully saturated rings. The Balaban J connectivity index is 1.53. The smallest absolute Gasteiger partial charge is 0.346 e. The van der Waals surface area contributed by atoms with Crippen molar-refractivity contribution in [2.45, 2.75) is 25.6 Å². The van der Waals surface area contributed by atoms with Gasteiger partial charge in [-0.15, -0.1) is 11.3 Å². The molecular weight excluding hydrogens is 389 g/mol. The van der Waals surface area contributed by atoms with E-state index in [0.717, 1.165) is 22.4 Å². The van der Waals surface area contributed by atoms with Crippen LogP contribution in [0, 0.1) is 18.8 Å². The normalized spacial score (nSPS) is 23.4. The van der Waals surface area contributed by atoms with Gasteiger partial charge in [-0.1, -0.05) is 29.8 Å². The number of halogens is 3. The predicted octanol–water partition coefficient (Wildman–Crippen LogP) is 3.86. The van der Waals surface area contributed by atoms with Gasteiger partial charge in [0, 0.05) is 18.0 Å². The second-order valence-corrected chi connectivity index (χ2v) is 8.34. The molecule has 1 aliphatic carbocycles. The van der Waals surface area contributed by atoms with Gasteiger partial charge in [-0.2, -0.15) is 13.2 Å². The van der Waals surface area contributed by atoms with Crippen LogP contribution in [-0.2, 0) is 4.79 Å². The molecule has 8 heteroatoms. The Labute approximate surface area is 164 Å². The van der Waals surface area contributed by atoms with Gasteiger partial charge in [0.25, 0.3) is 5.91 Å². The van der Waals surface area contributed by atoms with Gasteiger partial charge in [0.05, 0.1) is 11.6 Å². The number of fused-ring (bicyclic) bond motifs is 1. The number of nitrogens with one attached hydrogen (secondary N) is 1. The Morgan fingerprint density at radius 2 is 1.93 bits per heavy atom. The molecule has 1 aliphatic heterocycles. The van der Waals surface area contributed by atoms with E-state index >= 15 is 0 Å². The number of thiophene rings is 1. The van der Waals surface area contributed by atoms with E-state index in [0.29, 0.717) is 18.0 Å². The van der Waals surface area contributed by atoms with E-state index in [-0.39, 0.29) is 18.4 Å². The SMILES string of the molecule is Cc1ccc(-c2sccc2C(=O)N2C[C@@H]3CC3[C@H]2CNC(=O)C(F)(F)F)cc1. The average Bonchev–Trinajstić information content (AvgIpc) is 3.09. The van der Waals surface area contributed by atoms with Gasteiger partial charge in [0.2, 0.25) is 0 Å². The number of nitrogens with zero attached hydrogens (tertiary/aromatic N) is 1. The number of hydrogen-bond donors (Lipinski definition) is 1. The highest BCUT2D eigenvalue weighted by atomic mass is 32.1. The van der Waals surface area contributed by atoms with E-state index in [2.05, 4.69) is 0 Å². The molecule has 1 N–H and O–H groups in total. The number of likely N-dealkylation sites (tertiary alicyclic amines) is 1. The minimum atomic E-state index is -4.91. The molecule has 0 radical (unpaired) electrons. The highest BCUT2D eigenvalue weighted by Crippen LogP contribution is 2.50. The third-order valence-corrected chi connectivity index (χ3v) is 6.47. The standard InChI is InChI=1S/C20H19F3N2O2S/c1-11-2-4-12(5-3-11)17-14(6-7-28-17)18(26)25-10-13-8-15(13)16(25)9-24-19(27)20(21,22)23/h2-7,13,15-16H,8-10H2,1H3,(H,24,27)/t13-,15?,16+/m0/s1. The van der Waals surface area contributed by atoms with Crippen LogP contribution in [0.1, 0.15) is 22.3 Å². The quantitative estimate of drug-likeness (QED) is 0.835. The summed E-state index contributed by atoms with van der Waals surface area (Å²) in [7, 11) is 0. The molecule has 1 aromatic carbocycles. The van der Waals surface area contributed by atoms with Gasteiger partial charge in [-0.25, -0.2) is 0 Å². The molecule has 0 spiro atoms. The van der Waals surface area contributed by atoms with Gasteiger partial charge in [-0.05, 0) is 42.2 Å². The minimum Gasteiger partial charge on any atom is -0.346 e. The molecule has 3 atom stereocenters. The fourth-order valence-corrected chi connectivity index (χ4v) is 4.82. The van der Waals surface area contributed by atoms with E-state index in [4.69, 9.17) is 0 Å². The summed E-state index contributed by atoms with van der Waals surface area (Å²) < 4.78 is 37.5. The maximum Gasteiger partial charge on any atom is 0.471 e. The van der Waals surface area contributed by atoms with Crippen LogP contribution in [0.15, 0.2) is 35.7 Å². The van der Waals surface area contributed by atoms with Crippen molar-refractivity contribution in [3.8, 4) is 10.4 Å². The number of amides is 2. The van der Waals surface area contributed by atoms with Crippen LogP contribution in [0.4, 0.5) is 13.2 Å². The molecule has 2 amide bonds. The number of alkyl halides is 3. The van der Waals surface area contributed by atoms with E-state index in [1.165, 1.54) is 11.3 Å². The van der Waals surface area contributed by atoms with Crippen molar-refractivity contribution in [1.29, 1.82) is 0 Å². The van der Waals surface area contributed by atoms with Crippen molar-refractivity contribution in [2.75, 3.05) is 13.1 Å². The number of hydrogen-bond acceptors (Lipinski definition) is 3. The third kappa shape index (κ3) is 3.53. The summed E-state index contributed by atoms with van der Waals surface area (Å²) in [5, 5.41) is 3.80. The zero-order valence-corrected chi connectivity index (χ0v) is 15.9. The summed E-state index contributed by atoms with van der Waals surface area (Å²) in [6.07, 6.45) is -4.02. The first-order valence-corrected chi connectivity index (χ1v) is 9.94. The lowest BCUT2D eigenvalue weighted by Crippen LogP contribution is -2.48. The molecule has 1 unspecified atom stereocenters. The second-order valence-electron chi connectivity index (χ2n) is 7.42. The number of aryl methyl sites for hydroxylation is 1. The van der Waals surface area contributed by atoms with E-state index in [9.17, 15) is 22.8 Å². The highest BCUT2D eigenvalue weighted by molar-refractivity contribution is 7.14. The van der Waals surface area contributed by atoms with Gasteiger partial charge in [-0.3, -0.25) is 9.59 Å². The van der Waals surface area contributed by atoms with Crippen LogP contribution < -0.4 is 5.32 Å². The lowest BCUT2D eigenvalue weighted by Gasteiger charge is -2.28. The summed E-state index contributed by atoms with van der Waals surface area (Å²) in [6, 6.07) is 9.24. The molecular formula is C20H19F3N2O2S. The lowest BCUT2D eigenvalue weighted by atomic mass is 10.1. The Morgan fingerprint density at radius 3 is 2.61 bits per heavy atom. The van der Waals surface area contributed by atoms with E-state index < -0.39 is 18.1 Å². The maximum atomic E-state index is 13.2. The summed E-state index contributed by atoms with van der Waals surface area (Å²) in [5.74, 6) is -1.66. The van der Waals surface area contributed by atoms with Crippen LogP contribution in [0.2, 0.25) is 0 Å². The molecule has 0 bridgehead atoms. The number of carbonyl (C=O) groups excluding carboxylic acids is 2. The molecule has 4 rings (SSSR count). The van der Waals surface area contributed by atoms with Gasteiger partial charge < -0.3 is 10.2 Å². The summed E-state index contributed by atoms with van der Waals surface area (Å²) in [6.45, 7) is 2.34. The Bertz CT molecular complexity index is 907. The lowest BCUT2D eigenvalue weighted by molar-refractivity contribution is -0.173. The molecule has 2 heterocycles. The predicted molar refractivity (Wildman–Crippen MR) is 100.0 cm³/mol. The van der Waals surface area contributed by atoms with Crippen LogP contribution in [0.3, 0.4) is 0 Å². The first kappa shape index (κ1) is 19.0. The topological polar surface area (TPSA) is 49.4 Å². The van der Waals surface area contributed by atoms with Crippen LogP contribution in [0.5, 0.6) is 0 Å². The van der Waals surface area contributed by atoms with Crippen LogP contribution in [0.25, 0.3) is 10.4 Å². The average molecular weight is 408 g/mol. The largest absolute Gasteiger partial charge is 0.471 e. The monoisotopic (exact) mass is 408 g/mol. The summed E-state index contributed by atoms with van der Waals surface area (Å²) >= 11 is 1.46. The number of carbonyl (C=O) groups is 2. The Morgan fingerprint density at radius 1 is 1.21 bits per heavy atom. The molecule has 4 nitrogen and oxygen atoms in total. The number of piperidine rings is 1.